The molecule has 2 heterocycles. The second-order valence-electron chi connectivity index (χ2n) is 6.06. The summed E-state index contributed by atoms with van der Waals surface area (Å²) in [7, 11) is 3.14. The second-order valence-corrected chi connectivity index (χ2v) is 6.06. The van der Waals surface area contributed by atoms with Gasteiger partial charge in [-0.05, 0) is 47.5 Å². The van der Waals surface area contributed by atoms with E-state index in [-0.39, 0.29) is 12.3 Å². The van der Waals surface area contributed by atoms with E-state index in [1.165, 1.54) is 0 Å². The fraction of sp³-hybridized carbons (Fsp3) is 0.190. The van der Waals surface area contributed by atoms with Gasteiger partial charge in [0.25, 0.3) is 0 Å². The van der Waals surface area contributed by atoms with Crippen molar-refractivity contribution in [1.29, 1.82) is 0 Å². The summed E-state index contributed by atoms with van der Waals surface area (Å²) >= 11 is 0. The summed E-state index contributed by atoms with van der Waals surface area (Å²) in [5, 5.41) is 6.08. The Morgan fingerprint density at radius 3 is 2.43 bits per heavy atom. The zero-order valence-corrected chi connectivity index (χ0v) is 15.8. The van der Waals surface area contributed by atoms with E-state index in [0.717, 1.165) is 16.9 Å². The average Bonchev–Trinajstić information content (AvgIpc) is 2.74. The number of aromatic nitrogens is 2. The van der Waals surface area contributed by atoms with Crippen molar-refractivity contribution in [3.8, 4) is 11.5 Å². The van der Waals surface area contributed by atoms with Gasteiger partial charge < -0.3 is 20.1 Å². The lowest BCUT2D eigenvalue weighted by Crippen LogP contribution is -2.14. The fourth-order valence-electron chi connectivity index (χ4n) is 2.65. The van der Waals surface area contributed by atoms with E-state index in [2.05, 4.69) is 20.6 Å². The predicted molar refractivity (Wildman–Crippen MR) is 108 cm³/mol. The standard InChI is InChI=1S/C21H22N4O3/c1-27-18-5-3-16(11-19(18)28-2)12-21(26)25-17-4-6-20(24-14-17)23-13-15-7-9-22-10-8-15/h3-11,14H,12-13H2,1-2H3,(H,23,24)(H,25,26). The van der Waals surface area contributed by atoms with Crippen LogP contribution in [0.5, 0.6) is 11.5 Å². The van der Waals surface area contributed by atoms with Crippen LogP contribution in [-0.2, 0) is 17.8 Å². The van der Waals surface area contributed by atoms with Crippen molar-refractivity contribution in [3.05, 3.63) is 72.2 Å². The van der Waals surface area contributed by atoms with Crippen molar-refractivity contribution in [2.24, 2.45) is 0 Å². The molecule has 0 saturated heterocycles. The van der Waals surface area contributed by atoms with Gasteiger partial charge in [0.15, 0.2) is 11.5 Å². The number of carbonyl (C=O) groups is 1. The molecule has 0 bridgehead atoms. The zero-order chi connectivity index (χ0) is 19.8. The van der Waals surface area contributed by atoms with Crippen LogP contribution in [0.25, 0.3) is 0 Å². The summed E-state index contributed by atoms with van der Waals surface area (Å²) in [6, 6.07) is 12.9. The van der Waals surface area contributed by atoms with Gasteiger partial charge in [-0.25, -0.2) is 4.98 Å². The minimum Gasteiger partial charge on any atom is -0.493 e. The van der Waals surface area contributed by atoms with Gasteiger partial charge in [0.2, 0.25) is 5.91 Å². The van der Waals surface area contributed by atoms with Gasteiger partial charge in [0, 0.05) is 18.9 Å². The fourth-order valence-corrected chi connectivity index (χ4v) is 2.65. The molecule has 28 heavy (non-hydrogen) atoms. The second kappa shape index (κ2) is 9.36. The third kappa shape index (κ3) is 5.20. The van der Waals surface area contributed by atoms with Crippen LogP contribution in [0.4, 0.5) is 11.5 Å². The quantitative estimate of drug-likeness (QED) is 0.626. The molecule has 144 valence electrons. The normalized spacial score (nSPS) is 10.2. The number of nitrogens with one attached hydrogen (secondary N) is 2. The Morgan fingerprint density at radius 2 is 1.75 bits per heavy atom. The number of pyridine rings is 2. The Balaban J connectivity index is 1.54. The van der Waals surface area contributed by atoms with Crippen LogP contribution in [-0.4, -0.2) is 30.1 Å². The number of benzene rings is 1. The Morgan fingerprint density at radius 1 is 0.964 bits per heavy atom. The maximum absolute atomic E-state index is 12.3. The first-order valence-electron chi connectivity index (χ1n) is 8.77. The topological polar surface area (TPSA) is 85.4 Å². The third-order valence-corrected chi connectivity index (χ3v) is 4.08. The van der Waals surface area contributed by atoms with Crippen LogP contribution in [0.2, 0.25) is 0 Å². The molecule has 0 unspecified atom stereocenters. The molecular weight excluding hydrogens is 356 g/mol. The van der Waals surface area contributed by atoms with Gasteiger partial charge in [0.05, 0.1) is 32.5 Å². The molecule has 3 aromatic rings. The molecule has 2 N–H and O–H groups in total. The number of methoxy groups -OCH3 is 2. The first-order chi connectivity index (χ1) is 13.7. The Bertz CT molecular complexity index is 915. The molecule has 0 aliphatic heterocycles. The van der Waals surface area contributed by atoms with Crippen molar-refractivity contribution in [3.63, 3.8) is 0 Å². The van der Waals surface area contributed by atoms with Gasteiger partial charge in [-0.3, -0.25) is 9.78 Å². The van der Waals surface area contributed by atoms with E-state index in [4.69, 9.17) is 9.47 Å². The van der Waals surface area contributed by atoms with Crippen LogP contribution >= 0.6 is 0 Å². The molecular formula is C21H22N4O3. The van der Waals surface area contributed by atoms with Gasteiger partial charge in [-0.1, -0.05) is 6.07 Å². The molecule has 1 aromatic carbocycles. The first kappa shape index (κ1) is 19.2. The van der Waals surface area contributed by atoms with Crippen molar-refractivity contribution in [2.45, 2.75) is 13.0 Å². The number of carbonyl (C=O) groups excluding carboxylic acids is 1. The molecule has 1 amide bonds. The maximum atomic E-state index is 12.3. The molecule has 0 aliphatic carbocycles. The molecule has 0 spiro atoms. The van der Waals surface area contributed by atoms with E-state index in [0.29, 0.717) is 23.7 Å². The molecule has 0 radical (unpaired) electrons. The highest BCUT2D eigenvalue weighted by atomic mass is 16.5. The SMILES string of the molecule is COc1ccc(CC(=O)Nc2ccc(NCc3ccncc3)nc2)cc1OC. The van der Waals surface area contributed by atoms with Crippen LogP contribution in [0.1, 0.15) is 11.1 Å². The van der Waals surface area contributed by atoms with Crippen LogP contribution in [0.15, 0.2) is 61.1 Å². The lowest BCUT2D eigenvalue weighted by molar-refractivity contribution is -0.115. The highest BCUT2D eigenvalue weighted by Crippen LogP contribution is 2.27. The van der Waals surface area contributed by atoms with Gasteiger partial charge in [0.1, 0.15) is 5.82 Å². The number of amides is 1. The van der Waals surface area contributed by atoms with E-state index >= 15 is 0 Å². The van der Waals surface area contributed by atoms with E-state index in [9.17, 15) is 4.79 Å². The lowest BCUT2D eigenvalue weighted by Gasteiger charge is -2.10. The van der Waals surface area contributed by atoms with Crippen LogP contribution in [0.3, 0.4) is 0 Å². The van der Waals surface area contributed by atoms with Crippen molar-refractivity contribution < 1.29 is 14.3 Å². The number of rotatable bonds is 8. The van der Waals surface area contributed by atoms with E-state index < -0.39 is 0 Å². The number of nitrogens with zero attached hydrogens (tertiary/aromatic N) is 2. The zero-order valence-electron chi connectivity index (χ0n) is 15.8. The third-order valence-electron chi connectivity index (χ3n) is 4.08. The smallest absolute Gasteiger partial charge is 0.228 e. The highest BCUT2D eigenvalue weighted by molar-refractivity contribution is 5.92. The summed E-state index contributed by atoms with van der Waals surface area (Å²) in [5.74, 6) is 1.83. The molecule has 2 aromatic heterocycles. The summed E-state index contributed by atoms with van der Waals surface area (Å²) in [4.78, 5) is 20.6. The van der Waals surface area contributed by atoms with E-state index in [1.54, 1.807) is 44.9 Å². The Hall–Kier alpha value is -3.61. The first-order valence-corrected chi connectivity index (χ1v) is 8.77. The molecule has 3 rings (SSSR count). The number of hydrogen-bond acceptors (Lipinski definition) is 6. The Kier molecular flexibility index (Phi) is 6.41. The van der Waals surface area contributed by atoms with Crippen LogP contribution < -0.4 is 20.1 Å². The van der Waals surface area contributed by atoms with Crippen LogP contribution in [0, 0.1) is 0 Å². The molecule has 7 nitrogen and oxygen atoms in total. The van der Waals surface area contributed by atoms with E-state index in [1.807, 2.05) is 30.3 Å². The summed E-state index contributed by atoms with van der Waals surface area (Å²) in [6.07, 6.45) is 5.35. The van der Waals surface area contributed by atoms with Gasteiger partial charge in [-0.2, -0.15) is 0 Å². The average molecular weight is 378 g/mol. The molecule has 0 saturated carbocycles. The van der Waals surface area contributed by atoms with Gasteiger partial charge >= 0.3 is 0 Å². The monoisotopic (exact) mass is 378 g/mol. The largest absolute Gasteiger partial charge is 0.493 e. The summed E-state index contributed by atoms with van der Waals surface area (Å²) in [6.45, 7) is 0.653. The molecule has 0 atom stereocenters. The number of anilines is 2. The Labute approximate surface area is 163 Å². The number of ether oxygens (including phenoxy) is 2. The van der Waals surface area contributed by atoms with Gasteiger partial charge in [-0.15, -0.1) is 0 Å². The minimum atomic E-state index is -0.133. The summed E-state index contributed by atoms with van der Waals surface area (Å²) < 4.78 is 10.5. The minimum absolute atomic E-state index is 0.133. The van der Waals surface area contributed by atoms with Crippen molar-refractivity contribution in [2.75, 3.05) is 24.9 Å². The number of hydrogen-bond donors (Lipinski definition) is 2. The molecule has 7 heteroatoms. The molecule has 0 fully saturated rings. The predicted octanol–water partition coefficient (Wildman–Crippen LogP) is 3.29. The summed E-state index contributed by atoms with van der Waals surface area (Å²) in [5.41, 5.74) is 2.59. The highest BCUT2D eigenvalue weighted by Gasteiger charge is 2.09. The lowest BCUT2D eigenvalue weighted by atomic mass is 10.1. The maximum Gasteiger partial charge on any atom is 0.228 e. The van der Waals surface area contributed by atoms with Crippen molar-refractivity contribution >= 4 is 17.4 Å². The molecule has 0 aliphatic rings. The van der Waals surface area contributed by atoms with Crippen molar-refractivity contribution in [1.82, 2.24) is 9.97 Å².